The lowest BCUT2D eigenvalue weighted by atomic mass is 10.1. The van der Waals surface area contributed by atoms with E-state index in [1.54, 1.807) is 0 Å². The third-order valence-corrected chi connectivity index (χ3v) is 9.35. The molecular formula is C39H71O9P. The number of rotatable bonds is 35. The van der Waals surface area contributed by atoms with Crippen LogP contribution in [0.5, 0.6) is 0 Å². The molecule has 1 heterocycles. The topological polar surface area (TPSA) is 132 Å². The van der Waals surface area contributed by atoms with Crippen LogP contribution in [-0.2, 0) is 32.9 Å². The molecule has 286 valence electrons. The molecule has 3 atom stereocenters. The molecule has 49 heavy (non-hydrogen) atoms. The fourth-order valence-electron chi connectivity index (χ4n) is 5.79. The van der Waals surface area contributed by atoms with Crippen molar-refractivity contribution in [2.75, 3.05) is 13.2 Å². The van der Waals surface area contributed by atoms with Gasteiger partial charge in [0, 0.05) is 12.8 Å². The summed E-state index contributed by atoms with van der Waals surface area (Å²) in [5, 5.41) is 0. The number of esters is 2. The van der Waals surface area contributed by atoms with Crippen LogP contribution < -0.4 is 0 Å². The third-order valence-electron chi connectivity index (χ3n) is 8.87. The first-order chi connectivity index (χ1) is 23.7. The molecule has 1 aliphatic rings. The number of epoxide rings is 1. The van der Waals surface area contributed by atoms with Crippen LogP contribution in [0.1, 0.15) is 181 Å². The van der Waals surface area contributed by atoms with E-state index in [0.29, 0.717) is 25.0 Å². The van der Waals surface area contributed by atoms with Crippen LogP contribution in [0.25, 0.3) is 0 Å². The van der Waals surface area contributed by atoms with Crippen molar-refractivity contribution in [3.8, 4) is 0 Å². The molecule has 0 aromatic rings. The average molecular weight is 715 g/mol. The smallest absolute Gasteiger partial charge is 0.462 e. The maximum absolute atomic E-state index is 12.4. The van der Waals surface area contributed by atoms with Crippen molar-refractivity contribution < 1.29 is 42.7 Å². The van der Waals surface area contributed by atoms with Gasteiger partial charge in [-0.05, 0) is 64.2 Å². The predicted octanol–water partition coefficient (Wildman–Crippen LogP) is 10.6. The van der Waals surface area contributed by atoms with E-state index in [1.807, 2.05) is 0 Å². The summed E-state index contributed by atoms with van der Waals surface area (Å²) in [6, 6.07) is 0. The molecule has 1 rings (SSSR count). The van der Waals surface area contributed by atoms with E-state index < -0.39 is 32.5 Å². The van der Waals surface area contributed by atoms with Gasteiger partial charge in [-0.15, -0.1) is 0 Å². The Morgan fingerprint density at radius 1 is 0.633 bits per heavy atom. The first-order valence-corrected chi connectivity index (χ1v) is 21.3. The Morgan fingerprint density at radius 3 is 1.69 bits per heavy atom. The second-order valence-electron chi connectivity index (χ2n) is 13.6. The molecule has 0 amide bonds. The van der Waals surface area contributed by atoms with E-state index in [1.165, 1.54) is 77.0 Å². The number of phosphoric acid groups is 1. The molecule has 0 aromatic heterocycles. The summed E-state index contributed by atoms with van der Waals surface area (Å²) in [7, 11) is -4.76. The molecule has 10 heteroatoms. The van der Waals surface area contributed by atoms with Gasteiger partial charge < -0.3 is 24.0 Å². The van der Waals surface area contributed by atoms with E-state index in [0.717, 1.165) is 64.2 Å². The number of unbranched alkanes of at least 4 members (excludes halogenated alkanes) is 18. The Balaban J connectivity index is 2.08. The highest BCUT2D eigenvalue weighted by atomic mass is 31.2. The minimum atomic E-state index is -4.76. The van der Waals surface area contributed by atoms with Crippen LogP contribution in [0, 0.1) is 0 Å². The van der Waals surface area contributed by atoms with Gasteiger partial charge in [-0.25, -0.2) is 4.57 Å². The van der Waals surface area contributed by atoms with Gasteiger partial charge >= 0.3 is 19.8 Å². The Kier molecular flexibility index (Phi) is 29.0. The monoisotopic (exact) mass is 714 g/mol. The zero-order valence-electron chi connectivity index (χ0n) is 31.0. The molecular weight excluding hydrogens is 643 g/mol. The summed E-state index contributed by atoms with van der Waals surface area (Å²) in [5.41, 5.74) is 0. The number of hydrogen-bond donors (Lipinski definition) is 2. The van der Waals surface area contributed by atoms with Crippen LogP contribution in [0.3, 0.4) is 0 Å². The molecule has 1 saturated heterocycles. The van der Waals surface area contributed by atoms with Crippen molar-refractivity contribution in [3.63, 3.8) is 0 Å². The molecule has 0 aliphatic carbocycles. The van der Waals surface area contributed by atoms with Crippen molar-refractivity contribution in [1.82, 2.24) is 0 Å². The Morgan fingerprint density at radius 2 is 1.12 bits per heavy atom. The first kappa shape index (κ1) is 45.5. The second kappa shape index (κ2) is 31.2. The minimum Gasteiger partial charge on any atom is -0.462 e. The highest BCUT2D eigenvalue weighted by molar-refractivity contribution is 7.46. The standard InChI is InChI=1S/C39H71O9P/c1-3-5-7-8-9-10-11-12-13-14-15-16-20-23-27-31-38(40)45-33-35(34-46-49(42,43)44)47-39(41)32-28-24-21-18-17-19-22-26-30-37-36(48-37)29-25-6-4-2/h10-11,22,26,35-37H,3-9,12-21,23-25,27-34H2,1-2H3,(H2,42,43,44)/b11-10-,26-22-/t35-,36?,37?/m1/s1. The molecule has 1 fully saturated rings. The molecule has 2 unspecified atom stereocenters. The van der Waals surface area contributed by atoms with E-state index in [-0.39, 0.29) is 19.4 Å². The maximum atomic E-state index is 12.4. The highest BCUT2D eigenvalue weighted by Crippen LogP contribution is 2.36. The summed E-state index contributed by atoms with van der Waals surface area (Å²) >= 11 is 0. The van der Waals surface area contributed by atoms with Gasteiger partial charge in [-0.2, -0.15) is 0 Å². The third kappa shape index (κ3) is 31.0. The summed E-state index contributed by atoms with van der Waals surface area (Å²) < 4.78 is 32.1. The minimum absolute atomic E-state index is 0.191. The van der Waals surface area contributed by atoms with Gasteiger partial charge in [0.15, 0.2) is 6.10 Å². The number of carbonyl (C=O) groups excluding carboxylic acids is 2. The molecule has 2 N–H and O–H groups in total. The maximum Gasteiger partial charge on any atom is 0.469 e. The SMILES string of the molecule is CCCCCC/C=C\CCCCCCCCCC(=O)OC[C@H](COP(=O)(O)O)OC(=O)CCCCCCC/C=C\CC1OC1CCCCC. The Labute approximate surface area is 298 Å². The average Bonchev–Trinajstić information content (AvgIpc) is 3.82. The van der Waals surface area contributed by atoms with E-state index >= 15 is 0 Å². The van der Waals surface area contributed by atoms with Crippen LogP contribution in [-0.4, -0.2) is 53.3 Å². The Bertz CT molecular complexity index is 916. The zero-order valence-corrected chi connectivity index (χ0v) is 31.9. The van der Waals surface area contributed by atoms with E-state index in [2.05, 4.69) is 42.7 Å². The van der Waals surface area contributed by atoms with Crippen molar-refractivity contribution >= 4 is 19.8 Å². The van der Waals surface area contributed by atoms with Gasteiger partial charge in [0.2, 0.25) is 0 Å². The number of carbonyl (C=O) groups is 2. The van der Waals surface area contributed by atoms with Crippen LogP contribution in [0.15, 0.2) is 24.3 Å². The van der Waals surface area contributed by atoms with Gasteiger partial charge in [0.25, 0.3) is 0 Å². The molecule has 0 bridgehead atoms. The van der Waals surface area contributed by atoms with Crippen LogP contribution in [0.4, 0.5) is 0 Å². The van der Waals surface area contributed by atoms with Crippen molar-refractivity contribution in [3.05, 3.63) is 24.3 Å². The molecule has 0 radical (unpaired) electrons. The molecule has 9 nitrogen and oxygen atoms in total. The Hall–Kier alpha value is -1.51. The lowest BCUT2D eigenvalue weighted by Crippen LogP contribution is -2.29. The largest absolute Gasteiger partial charge is 0.469 e. The highest BCUT2D eigenvalue weighted by Gasteiger charge is 2.36. The molecule has 0 spiro atoms. The zero-order chi connectivity index (χ0) is 35.8. The second-order valence-corrected chi connectivity index (χ2v) is 14.9. The molecule has 1 aliphatic heterocycles. The van der Waals surface area contributed by atoms with E-state index in [9.17, 15) is 14.2 Å². The van der Waals surface area contributed by atoms with Crippen LogP contribution >= 0.6 is 7.82 Å². The van der Waals surface area contributed by atoms with Gasteiger partial charge in [0.1, 0.15) is 6.61 Å². The lowest BCUT2D eigenvalue weighted by Gasteiger charge is -2.18. The first-order valence-electron chi connectivity index (χ1n) is 19.8. The van der Waals surface area contributed by atoms with Crippen LogP contribution in [0.2, 0.25) is 0 Å². The molecule has 0 saturated carbocycles. The quantitative estimate of drug-likeness (QED) is 0.0216. The fraction of sp³-hybridized carbons (Fsp3) is 0.846. The number of allylic oxidation sites excluding steroid dienone is 3. The van der Waals surface area contributed by atoms with Crippen molar-refractivity contribution in [2.24, 2.45) is 0 Å². The molecule has 0 aromatic carbocycles. The normalized spacial score (nSPS) is 16.8. The summed E-state index contributed by atoms with van der Waals surface area (Å²) in [6.07, 6.45) is 36.4. The number of ether oxygens (including phenoxy) is 3. The summed E-state index contributed by atoms with van der Waals surface area (Å²) in [5.74, 6) is -0.909. The summed E-state index contributed by atoms with van der Waals surface area (Å²) in [4.78, 5) is 42.8. The van der Waals surface area contributed by atoms with E-state index in [4.69, 9.17) is 24.0 Å². The van der Waals surface area contributed by atoms with Gasteiger partial charge in [-0.3, -0.25) is 14.1 Å². The summed E-state index contributed by atoms with van der Waals surface area (Å²) in [6.45, 7) is 3.62. The predicted molar refractivity (Wildman–Crippen MR) is 197 cm³/mol. The van der Waals surface area contributed by atoms with Gasteiger partial charge in [-0.1, -0.05) is 128 Å². The van der Waals surface area contributed by atoms with Gasteiger partial charge in [0.05, 0.1) is 18.8 Å². The van der Waals surface area contributed by atoms with Crippen molar-refractivity contribution in [2.45, 2.75) is 199 Å². The van der Waals surface area contributed by atoms with Crippen molar-refractivity contribution in [1.29, 1.82) is 0 Å². The fourth-order valence-corrected chi connectivity index (χ4v) is 6.15. The number of hydrogen-bond acceptors (Lipinski definition) is 7. The lowest BCUT2D eigenvalue weighted by molar-refractivity contribution is -0.161. The number of phosphoric ester groups is 1.